The fourth-order valence-electron chi connectivity index (χ4n) is 3.43. The van der Waals surface area contributed by atoms with Gasteiger partial charge in [-0.2, -0.15) is 0 Å². The van der Waals surface area contributed by atoms with Crippen molar-refractivity contribution in [1.29, 1.82) is 0 Å². The van der Waals surface area contributed by atoms with Gasteiger partial charge in [-0.25, -0.2) is 4.98 Å². The summed E-state index contributed by atoms with van der Waals surface area (Å²) in [6.45, 7) is 5.25. The van der Waals surface area contributed by atoms with Crippen LogP contribution in [0.1, 0.15) is 34.3 Å². The summed E-state index contributed by atoms with van der Waals surface area (Å²) in [5.41, 5.74) is 3.64. The SMILES string of the molecule is Cc1cccc(C(=O)N(CC2CCCO2)c2nc3c(C)cc(Cl)cc3s2)c1. The summed E-state index contributed by atoms with van der Waals surface area (Å²) in [7, 11) is 0. The summed E-state index contributed by atoms with van der Waals surface area (Å²) in [5.74, 6) is -0.0444. The molecule has 6 heteroatoms. The third-order valence-electron chi connectivity index (χ3n) is 4.79. The monoisotopic (exact) mass is 400 g/mol. The van der Waals surface area contributed by atoms with E-state index in [0.29, 0.717) is 22.3 Å². The van der Waals surface area contributed by atoms with Gasteiger partial charge in [0.2, 0.25) is 0 Å². The predicted molar refractivity (Wildman–Crippen MR) is 111 cm³/mol. The van der Waals surface area contributed by atoms with Gasteiger partial charge in [0.25, 0.3) is 5.91 Å². The largest absolute Gasteiger partial charge is 0.376 e. The number of rotatable bonds is 4. The number of halogens is 1. The van der Waals surface area contributed by atoms with Crippen LogP contribution in [-0.4, -0.2) is 30.1 Å². The lowest BCUT2D eigenvalue weighted by Crippen LogP contribution is -2.37. The molecule has 1 amide bonds. The van der Waals surface area contributed by atoms with Crippen molar-refractivity contribution in [1.82, 2.24) is 4.98 Å². The molecule has 2 aromatic carbocycles. The van der Waals surface area contributed by atoms with Gasteiger partial charge in [-0.1, -0.05) is 40.6 Å². The van der Waals surface area contributed by atoms with E-state index in [1.54, 1.807) is 4.90 Å². The maximum absolute atomic E-state index is 13.3. The van der Waals surface area contributed by atoms with Crippen LogP contribution >= 0.6 is 22.9 Å². The molecule has 0 bridgehead atoms. The first-order valence-electron chi connectivity index (χ1n) is 9.08. The Labute approximate surface area is 167 Å². The van der Waals surface area contributed by atoms with Crippen molar-refractivity contribution in [2.24, 2.45) is 0 Å². The second-order valence-electron chi connectivity index (χ2n) is 6.99. The molecule has 4 nitrogen and oxygen atoms in total. The molecule has 1 fully saturated rings. The smallest absolute Gasteiger partial charge is 0.260 e. The number of hydrogen-bond donors (Lipinski definition) is 0. The van der Waals surface area contributed by atoms with E-state index in [1.165, 1.54) is 11.3 Å². The molecule has 140 valence electrons. The van der Waals surface area contributed by atoms with Crippen LogP contribution in [-0.2, 0) is 4.74 Å². The molecule has 0 N–H and O–H groups in total. The molecule has 3 aromatic rings. The van der Waals surface area contributed by atoms with Crippen LogP contribution in [0.4, 0.5) is 5.13 Å². The van der Waals surface area contributed by atoms with Crippen LogP contribution < -0.4 is 4.90 Å². The van der Waals surface area contributed by atoms with Crippen molar-refractivity contribution in [2.75, 3.05) is 18.1 Å². The molecule has 1 atom stereocenters. The standard InChI is InChI=1S/C21H21ClN2O2S/c1-13-5-3-6-15(9-13)20(25)24(12-17-7-4-8-26-17)21-23-19-14(2)10-16(22)11-18(19)27-21/h3,5-6,9-11,17H,4,7-8,12H2,1-2H3. The Balaban J connectivity index is 1.75. The van der Waals surface area contributed by atoms with E-state index in [4.69, 9.17) is 21.3 Å². The zero-order valence-electron chi connectivity index (χ0n) is 15.4. The summed E-state index contributed by atoms with van der Waals surface area (Å²) >= 11 is 7.70. The average molecular weight is 401 g/mol. The number of aromatic nitrogens is 1. The topological polar surface area (TPSA) is 42.4 Å². The van der Waals surface area contributed by atoms with Gasteiger partial charge in [0.1, 0.15) is 0 Å². The minimum Gasteiger partial charge on any atom is -0.376 e. The van der Waals surface area contributed by atoms with Crippen molar-refractivity contribution in [3.05, 3.63) is 58.1 Å². The Bertz CT molecular complexity index is 995. The summed E-state index contributed by atoms with van der Waals surface area (Å²) in [6.07, 6.45) is 2.05. The number of ether oxygens (including phenoxy) is 1. The Hall–Kier alpha value is -1.95. The fraction of sp³-hybridized carbons (Fsp3) is 0.333. The van der Waals surface area contributed by atoms with Crippen LogP contribution in [0.25, 0.3) is 10.2 Å². The van der Waals surface area contributed by atoms with Crippen LogP contribution in [0.15, 0.2) is 36.4 Å². The van der Waals surface area contributed by atoms with Gasteiger partial charge in [-0.05, 0) is 56.5 Å². The van der Waals surface area contributed by atoms with Crippen molar-refractivity contribution in [2.45, 2.75) is 32.8 Å². The normalized spacial score (nSPS) is 16.8. The van der Waals surface area contributed by atoms with E-state index in [9.17, 15) is 4.79 Å². The van der Waals surface area contributed by atoms with E-state index in [1.807, 2.05) is 50.2 Å². The zero-order chi connectivity index (χ0) is 19.0. The van der Waals surface area contributed by atoms with E-state index in [2.05, 4.69) is 0 Å². The Kier molecular flexibility index (Phi) is 5.17. The number of aryl methyl sites for hydroxylation is 2. The van der Waals surface area contributed by atoms with Crippen molar-refractivity contribution in [3.63, 3.8) is 0 Å². The molecule has 0 aliphatic carbocycles. The van der Waals surface area contributed by atoms with Crippen molar-refractivity contribution >= 4 is 44.2 Å². The van der Waals surface area contributed by atoms with Crippen molar-refractivity contribution in [3.8, 4) is 0 Å². The number of fused-ring (bicyclic) bond motifs is 1. The van der Waals surface area contributed by atoms with Gasteiger partial charge in [0.05, 0.1) is 22.9 Å². The van der Waals surface area contributed by atoms with E-state index >= 15 is 0 Å². The van der Waals surface area contributed by atoms with Gasteiger partial charge in [-0.15, -0.1) is 0 Å². The van der Waals surface area contributed by atoms with Crippen LogP contribution in [0.3, 0.4) is 0 Å². The molecular weight excluding hydrogens is 380 g/mol. The number of nitrogens with zero attached hydrogens (tertiary/aromatic N) is 2. The molecule has 0 spiro atoms. The molecule has 2 heterocycles. The lowest BCUT2D eigenvalue weighted by atomic mass is 10.1. The lowest BCUT2D eigenvalue weighted by molar-refractivity contribution is 0.0917. The Morgan fingerprint density at radius 1 is 1.33 bits per heavy atom. The third kappa shape index (κ3) is 3.86. The molecule has 27 heavy (non-hydrogen) atoms. The Morgan fingerprint density at radius 3 is 2.93 bits per heavy atom. The maximum atomic E-state index is 13.3. The number of amides is 1. The van der Waals surface area contributed by atoms with Crippen LogP contribution in [0.5, 0.6) is 0 Å². The molecule has 1 aliphatic heterocycles. The molecule has 1 saturated heterocycles. The lowest BCUT2D eigenvalue weighted by Gasteiger charge is -2.23. The number of thiazole rings is 1. The van der Waals surface area contributed by atoms with Gasteiger partial charge < -0.3 is 4.74 Å². The second-order valence-corrected chi connectivity index (χ2v) is 8.43. The molecule has 4 rings (SSSR count). The minimum absolute atomic E-state index is 0.0444. The molecule has 1 aliphatic rings. The molecule has 1 unspecified atom stereocenters. The second kappa shape index (κ2) is 7.58. The number of carbonyl (C=O) groups is 1. The predicted octanol–water partition coefficient (Wildman–Crippen LogP) is 5.39. The minimum atomic E-state index is -0.0444. The van der Waals surface area contributed by atoms with Gasteiger partial charge in [0.15, 0.2) is 5.13 Å². The molecule has 1 aromatic heterocycles. The van der Waals surface area contributed by atoms with Crippen LogP contribution in [0, 0.1) is 13.8 Å². The summed E-state index contributed by atoms with van der Waals surface area (Å²) in [6, 6.07) is 11.5. The molecular formula is C21H21ClN2O2S. The highest BCUT2D eigenvalue weighted by Gasteiger charge is 2.27. The first kappa shape index (κ1) is 18.4. The van der Waals surface area contributed by atoms with E-state index in [0.717, 1.165) is 40.8 Å². The molecule has 0 saturated carbocycles. The zero-order valence-corrected chi connectivity index (χ0v) is 16.9. The fourth-order valence-corrected chi connectivity index (χ4v) is 4.86. The maximum Gasteiger partial charge on any atom is 0.260 e. The highest BCUT2D eigenvalue weighted by molar-refractivity contribution is 7.22. The van der Waals surface area contributed by atoms with Gasteiger partial charge in [0, 0.05) is 17.2 Å². The van der Waals surface area contributed by atoms with Crippen LogP contribution in [0.2, 0.25) is 5.02 Å². The van der Waals surface area contributed by atoms with Crippen molar-refractivity contribution < 1.29 is 9.53 Å². The van der Waals surface area contributed by atoms with Gasteiger partial charge >= 0.3 is 0 Å². The number of hydrogen-bond acceptors (Lipinski definition) is 4. The quantitative estimate of drug-likeness (QED) is 0.589. The van der Waals surface area contributed by atoms with E-state index in [-0.39, 0.29) is 12.0 Å². The highest BCUT2D eigenvalue weighted by Crippen LogP contribution is 2.34. The number of anilines is 1. The number of carbonyl (C=O) groups excluding carboxylic acids is 1. The first-order chi connectivity index (χ1) is 13.0. The summed E-state index contributed by atoms with van der Waals surface area (Å²) in [5, 5.41) is 1.38. The summed E-state index contributed by atoms with van der Waals surface area (Å²) < 4.78 is 6.78. The average Bonchev–Trinajstić information content (AvgIpc) is 3.28. The number of benzene rings is 2. The third-order valence-corrected chi connectivity index (χ3v) is 6.03. The first-order valence-corrected chi connectivity index (χ1v) is 10.3. The molecule has 0 radical (unpaired) electrons. The highest BCUT2D eigenvalue weighted by atomic mass is 35.5. The van der Waals surface area contributed by atoms with E-state index < -0.39 is 0 Å². The summed E-state index contributed by atoms with van der Waals surface area (Å²) in [4.78, 5) is 19.9. The Morgan fingerprint density at radius 2 is 2.19 bits per heavy atom. The van der Waals surface area contributed by atoms with Gasteiger partial charge in [-0.3, -0.25) is 9.69 Å².